The molecule has 0 spiro atoms. The van der Waals surface area contributed by atoms with E-state index in [-0.39, 0.29) is 11.7 Å². The normalized spacial score (nSPS) is 10.9. The number of benzene rings is 4. The van der Waals surface area contributed by atoms with Crippen molar-refractivity contribution in [3.8, 4) is 17.1 Å². The molecule has 0 saturated carbocycles. The van der Waals surface area contributed by atoms with Crippen LogP contribution in [0.25, 0.3) is 27.8 Å². The molecule has 0 aliphatic carbocycles. The molecular formula is C27H22N4O. The number of anilines is 1. The number of hydrogen-bond acceptors (Lipinski definition) is 3. The molecule has 0 bridgehead atoms. The highest BCUT2D eigenvalue weighted by Gasteiger charge is 2.20. The average Bonchev–Trinajstić information content (AvgIpc) is 3.25. The first-order valence-corrected chi connectivity index (χ1v) is 10.5. The van der Waals surface area contributed by atoms with Crippen LogP contribution in [-0.2, 0) is 0 Å². The summed E-state index contributed by atoms with van der Waals surface area (Å²) >= 11 is 0. The highest BCUT2D eigenvalue weighted by Crippen LogP contribution is 2.26. The minimum absolute atomic E-state index is 0.123. The third-order valence-electron chi connectivity index (χ3n) is 5.47. The van der Waals surface area contributed by atoms with E-state index in [1.807, 2.05) is 105 Å². The van der Waals surface area contributed by atoms with Gasteiger partial charge in [-0.2, -0.15) is 0 Å². The van der Waals surface area contributed by atoms with Gasteiger partial charge in [0.15, 0.2) is 5.82 Å². The van der Waals surface area contributed by atoms with Gasteiger partial charge in [-0.25, -0.2) is 9.67 Å². The lowest BCUT2D eigenvalue weighted by Crippen LogP contribution is -2.14. The van der Waals surface area contributed by atoms with Crippen LogP contribution in [0.15, 0.2) is 91.0 Å². The summed E-state index contributed by atoms with van der Waals surface area (Å²) in [4.78, 5) is 17.8. The third kappa shape index (κ3) is 3.65. The van der Waals surface area contributed by atoms with Crippen molar-refractivity contribution in [3.63, 3.8) is 0 Å². The Morgan fingerprint density at radius 2 is 1.59 bits per heavy atom. The maximum atomic E-state index is 13.2. The molecule has 1 heterocycles. The van der Waals surface area contributed by atoms with E-state index in [0.717, 1.165) is 38.8 Å². The highest BCUT2D eigenvalue weighted by atomic mass is 16.2. The molecule has 5 nitrogen and oxygen atoms in total. The Bertz CT molecular complexity index is 1450. The van der Waals surface area contributed by atoms with Crippen LogP contribution in [0.3, 0.4) is 0 Å². The van der Waals surface area contributed by atoms with Crippen LogP contribution in [-0.4, -0.2) is 20.7 Å². The molecule has 32 heavy (non-hydrogen) atoms. The maximum Gasteiger partial charge on any atom is 0.295 e. The van der Waals surface area contributed by atoms with Crippen LogP contribution < -0.4 is 5.32 Å². The van der Waals surface area contributed by atoms with Gasteiger partial charge in [0.2, 0.25) is 5.82 Å². The molecule has 1 aromatic heterocycles. The van der Waals surface area contributed by atoms with Crippen molar-refractivity contribution in [2.45, 2.75) is 13.8 Å². The van der Waals surface area contributed by atoms with Gasteiger partial charge >= 0.3 is 0 Å². The van der Waals surface area contributed by atoms with Crippen LogP contribution in [0.5, 0.6) is 0 Å². The number of carbonyl (C=O) groups excluding carboxylic acids is 1. The number of aryl methyl sites for hydroxylation is 2. The Hall–Kier alpha value is -4.25. The molecule has 0 saturated heterocycles. The first-order chi connectivity index (χ1) is 15.6. The molecule has 4 aromatic carbocycles. The molecule has 1 amide bonds. The first kappa shape index (κ1) is 19.7. The summed E-state index contributed by atoms with van der Waals surface area (Å²) < 4.78 is 1.75. The third-order valence-corrected chi connectivity index (χ3v) is 5.47. The average molecular weight is 419 g/mol. The van der Waals surface area contributed by atoms with Crippen molar-refractivity contribution < 1.29 is 4.79 Å². The second-order valence-corrected chi connectivity index (χ2v) is 7.81. The van der Waals surface area contributed by atoms with Gasteiger partial charge in [0, 0.05) is 16.6 Å². The zero-order valence-corrected chi connectivity index (χ0v) is 17.9. The van der Waals surface area contributed by atoms with Gasteiger partial charge in [-0.1, -0.05) is 78.4 Å². The summed E-state index contributed by atoms with van der Waals surface area (Å²) in [5.74, 6) is 0.409. The smallest absolute Gasteiger partial charge is 0.295 e. The lowest BCUT2D eigenvalue weighted by Gasteiger charge is -2.09. The number of carbonyl (C=O) groups is 1. The largest absolute Gasteiger partial charge is 0.319 e. The fourth-order valence-electron chi connectivity index (χ4n) is 3.86. The summed E-state index contributed by atoms with van der Waals surface area (Å²) in [5, 5.41) is 9.64. The Balaban J connectivity index is 1.59. The molecule has 5 rings (SSSR count). The van der Waals surface area contributed by atoms with Crippen molar-refractivity contribution in [1.29, 1.82) is 0 Å². The van der Waals surface area contributed by atoms with Crippen LogP contribution in [0.4, 0.5) is 5.69 Å². The van der Waals surface area contributed by atoms with Gasteiger partial charge in [0.25, 0.3) is 5.91 Å². The fourth-order valence-corrected chi connectivity index (χ4v) is 3.86. The molecule has 156 valence electrons. The Labute approximate surface area is 186 Å². The van der Waals surface area contributed by atoms with Crippen LogP contribution in [0.1, 0.15) is 21.7 Å². The number of rotatable bonds is 4. The van der Waals surface area contributed by atoms with Gasteiger partial charge < -0.3 is 5.32 Å². The lowest BCUT2D eigenvalue weighted by atomic mass is 10.1. The number of nitrogens with one attached hydrogen (secondary N) is 1. The van der Waals surface area contributed by atoms with E-state index in [2.05, 4.69) is 15.4 Å². The minimum Gasteiger partial charge on any atom is -0.319 e. The summed E-state index contributed by atoms with van der Waals surface area (Å²) in [6, 6.07) is 29.8. The van der Waals surface area contributed by atoms with Crippen molar-refractivity contribution in [1.82, 2.24) is 14.8 Å². The molecule has 5 heteroatoms. The molecule has 0 aliphatic rings. The quantitative estimate of drug-likeness (QED) is 0.392. The topological polar surface area (TPSA) is 59.8 Å². The second kappa shape index (κ2) is 8.12. The first-order valence-electron chi connectivity index (χ1n) is 10.5. The van der Waals surface area contributed by atoms with Crippen molar-refractivity contribution >= 4 is 22.4 Å². The van der Waals surface area contributed by atoms with E-state index in [1.54, 1.807) is 4.68 Å². The number of hydrogen-bond donors (Lipinski definition) is 1. The van der Waals surface area contributed by atoms with E-state index in [9.17, 15) is 4.79 Å². The molecule has 0 atom stereocenters. The van der Waals surface area contributed by atoms with E-state index < -0.39 is 0 Å². The maximum absolute atomic E-state index is 13.2. The van der Waals surface area contributed by atoms with Crippen LogP contribution in [0.2, 0.25) is 0 Å². The molecular weight excluding hydrogens is 396 g/mol. The van der Waals surface area contributed by atoms with E-state index >= 15 is 0 Å². The van der Waals surface area contributed by atoms with Gasteiger partial charge in [-0.05, 0) is 43.0 Å². The Kier molecular flexibility index (Phi) is 5.00. The number of amides is 1. The molecule has 0 unspecified atom stereocenters. The molecule has 0 fully saturated rings. The van der Waals surface area contributed by atoms with Gasteiger partial charge in [0.05, 0.1) is 5.69 Å². The fraction of sp³-hybridized carbons (Fsp3) is 0.0741. The molecule has 5 aromatic rings. The summed E-state index contributed by atoms with van der Waals surface area (Å²) in [5.41, 5.74) is 4.69. The van der Waals surface area contributed by atoms with Crippen LogP contribution >= 0.6 is 0 Å². The minimum atomic E-state index is -0.345. The Morgan fingerprint density at radius 3 is 2.44 bits per heavy atom. The van der Waals surface area contributed by atoms with Gasteiger partial charge in [0.1, 0.15) is 0 Å². The zero-order chi connectivity index (χ0) is 22.1. The number of aromatic nitrogens is 3. The lowest BCUT2D eigenvalue weighted by molar-refractivity contribution is 0.101. The number of para-hydroxylation sites is 1. The second-order valence-electron chi connectivity index (χ2n) is 7.81. The number of fused-ring (bicyclic) bond motifs is 1. The molecule has 0 aliphatic heterocycles. The van der Waals surface area contributed by atoms with E-state index in [1.165, 1.54) is 0 Å². The molecule has 1 N–H and O–H groups in total. The predicted molar refractivity (Wildman–Crippen MR) is 128 cm³/mol. The zero-order valence-electron chi connectivity index (χ0n) is 17.9. The Morgan fingerprint density at radius 1 is 0.844 bits per heavy atom. The standard InChI is InChI=1S/C27H22N4O/c1-18-9-7-13-21(17-18)26-29-25(30-31(26)24-16-6-3-10-19(24)2)27(32)28-23-15-8-12-20-11-4-5-14-22(20)23/h3-17H,1-2H3,(H,28,32). The van der Waals surface area contributed by atoms with Gasteiger partial charge in [-0.15, -0.1) is 5.10 Å². The molecule has 0 radical (unpaired) electrons. The number of nitrogens with zero attached hydrogens (tertiary/aromatic N) is 3. The highest BCUT2D eigenvalue weighted by molar-refractivity contribution is 6.07. The van der Waals surface area contributed by atoms with Gasteiger partial charge in [-0.3, -0.25) is 4.79 Å². The van der Waals surface area contributed by atoms with E-state index in [0.29, 0.717) is 5.82 Å². The SMILES string of the molecule is Cc1cccc(-c2nc(C(=O)Nc3cccc4ccccc34)nn2-c2ccccc2C)c1. The van der Waals surface area contributed by atoms with Crippen LogP contribution in [0, 0.1) is 13.8 Å². The van der Waals surface area contributed by atoms with E-state index in [4.69, 9.17) is 0 Å². The monoisotopic (exact) mass is 418 g/mol. The van der Waals surface area contributed by atoms with Crippen molar-refractivity contribution in [2.24, 2.45) is 0 Å². The summed E-state index contributed by atoms with van der Waals surface area (Å²) in [6.45, 7) is 4.05. The summed E-state index contributed by atoms with van der Waals surface area (Å²) in [6.07, 6.45) is 0. The van der Waals surface area contributed by atoms with Crippen molar-refractivity contribution in [3.05, 3.63) is 108 Å². The predicted octanol–water partition coefficient (Wildman–Crippen LogP) is 5.96. The van der Waals surface area contributed by atoms with Crippen molar-refractivity contribution in [2.75, 3.05) is 5.32 Å². The summed E-state index contributed by atoms with van der Waals surface area (Å²) in [7, 11) is 0.